The van der Waals surface area contributed by atoms with E-state index in [0.29, 0.717) is 19.6 Å². The second kappa shape index (κ2) is 7.60. The third-order valence-electron chi connectivity index (χ3n) is 2.62. The maximum atomic E-state index is 11.4. The molecule has 1 saturated heterocycles. The summed E-state index contributed by atoms with van der Waals surface area (Å²) in [5, 5.41) is 0. The highest BCUT2D eigenvalue weighted by molar-refractivity contribution is 5.75. The Balaban J connectivity index is 2.12. The third-order valence-corrected chi connectivity index (χ3v) is 2.62. The highest BCUT2D eigenvalue weighted by Gasteiger charge is 2.19. The third kappa shape index (κ3) is 4.92. The molecule has 94 valence electrons. The fourth-order valence-corrected chi connectivity index (χ4v) is 1.58. The molecule has 1 rings (SSSR count). The van der Waals surface area contributed by atoms with E-state index in [4.69, 9.17) is 19.9 Å². The molecule has 1 fully saturated rings. The van der Waals surface area contributed by atoms with Gasteiger partial charge in [-0.25, -0.2) is 0 Å². The summed E-state index contributed by atoms with van der Waals surface area (Å²) in [7, 11) is 1.58. The lowest BCUT2D eigenvalue weighted by Crippen LogP contribution is -2.36. The van der Waals surface area contributed by atoms with Gasteiger partial charge < -0.3 is 19.9 Å². The number of esters is 1. The monoisotopic (exact) mass is 231 g/mol. The summed E-state index contributed by atoms with van der Waals surface area (Å²) < 4.78 is 15.4. The van der Waals surface area contributed by atoms with Crippen molar-refractivity contribution >= 4 is 5.97 Å². The SMILES string of the molecule is COCCC(N)C(=O)OCC1CCCCO1. The zero-order valence-corrected chi connectivity index (χ0v) is 9.81. The molecule has 0 aromatic heterocycles. The van der Waals surface area contributed by atoms with E-state index >= 15 is 0 Å². The fourth-order valence-electron chi connectivity index (χ4n) is 1.58. The molecule has 1 aliphatic heterocycles. The minimum atomic E-state index is -0.594. The molecule has 2 N–H and O–H groups in total. The summed E-state index contributed by atoms with van der Waals surface area (Å²) in [4.78, 5) is 11.4. The van der Waals surface area contributed by atoms with Gasteiger partial charge >= 0.3 is 5.97 Å². The van der Waals surface area contributed by atoms with Crippen LogP contribution in [0.1, 0.15) is 25.7 Å². The quantitative estimate of drug-likeness (QED) is 0.672. The van der Waals surface area contributed by atoms with Crippen molar-refractivity contribution in [2.75, 3.05) is 26.9 Å². The Hall–Kier alpha value is -0.650. The number of hydrogen-bond donors (Lipinski definition) is 1. The van der Waals surface area contributed by atoms with Gasteiger partial charge in [0, 0.05) is 20.3 Å². The van der Waals surface area contributed by atoms with Crippen LogP contribution in [0.4, 0.5) is 0 Å². The Morgan fingerprint density at radius 3 is 3.00 bits per heavy atom. The highest BCUT2D eigenvalue weighted by Crippen LogP contribution is 2.12. The van der Waals surface area contributed by atoms with E-state index in [1.807, 2.05) is 0 Å². The predicted molar refractivity (Wildman–Crippen MR) is 59.0 cm³/mol. The average Bonchev–Trinajstić information content (AvgIpc) is 2.34. The van der Waals surface area contributed by atoms with Crippen molar-refractivity contribution in [2.24, 2.45) is 5.73 Å². The second-order valence-electron chi connectivity index (χ2n) is 4.01. The van der Waals surface area contributed by atoms with Gasteiger partial charge in [0.05, 0.1) is 6.10 Å². The summed E-state index contributed by atoms with van der Waals surface area (Å²) in [6, 6.07) is -0.594. The Morgan fingerprint density at radius 2 is 2.38 bits per heavy atom. The van der Waals surface area contributed by atoms with E-state index in [9.17, 15) is 4.79 Å². The van der Waals surface area contributed by atoms with Crippen molar-refractivity contribution in [1.82, 2.24) is 0 Å². The van der Waals surface area contributed by atoms with Crippen molar-refractivity contribution in [2.45, 2.75) is 37.8 Å². The number of hydrogen-bond acceptors (Lipinski definition) is 5. The van der Waals surface area contributed by atoms with Crippen molar-refractivity contribution in [3.63, 3.8) is 0 Å². The van der Waals surface area contributed by atoms with E-state index in [1.54, 1.807) is 7.11 Å². The van der Waals surface area contributed by atoms with Crippen LogP contribution in [0.15, 0.2) is 0 Å². The molecule has 1 aliphatic rings. The van der Waals surface area contributed by atoms with E-state index < -0.39 is 6.04 Å². The summed E-state index contributed by atoms with van der Waals surface area (Å²) in [5.41, 5.74) is 5.62. The molecular formula is C11H21NO4. The topological polar surface area (TPSA) is 70.8 Å². The predicted octanol–water partition coefficient (Wildman–Crippen LogP) is 0.463. The van der Waals surface area contributed by atoms with Gasteiger partial charge in [-0.3, -0.25) is 4.79 Å². The molecule has 2 unspecified atom stereocenters. The highest BCUT2D eigenvalue weighted by atomic mass is 16.6. The first kappa shape index (κ1) is 13.4. The molecule has 0 bridgehead atoms. The molecule has 0 aromatic rings. The zero-order chi connectivity index (χ0) is 11.8. The molecule has 2 atom stereocenters. The molecular weight excluding hydrogens is 210 g/mol. The fraction of sp³-hybridized carbons (Fsp3) is 0.909. The van der Waals surface area contributed by atoms with Crippen molar-refractivity contribution in [1.29, 1.82) is 0 Å². The van der Waals surface area contributed by atoms with Gasteiger partial charge in [-0.2, -0.15) is 0 Å². The van der Waals surface area contributed by atoms with Crippen LogP contribution in [0, 0.1) is 0 Å². The Kier molecular flexibility index (Phi) is 6.37. The normalized spacial score (nSPS) is 22.8. The number of nitrogens with two attached hydrogens (primary N) is 1. The van der Waals surface area contributed by atoms with Gasteiger partial charge in [0.15, 0.2) is 0 Å². The molecule has 0 saturated carbocycles. The molecule has 16 heavy (non-hydrogen) atoms. The smallest absolute Gasteiger partial charge is 0.323 e. The average molecular weight is 231 g/mol. The number of rotatable bonds is 6. The van der Waals surface area contributed by atoms with E-state index in [2.05, 4.69) is 0 Å². The molecule has 1 heterocycles. The van der Waals surface area contributed by atoms with Crippen LogP contribution in [-0.2, 0) is 19.0 Å². The largest absolute Gasteiger partial charge is 0.462 e. The van der Waals surface area contributed by atoms with Gasteiger partial charge in [-0.15, -0.1) is 0 Å². The Morgan fingerprint density at radius 1 is 1.56 bits per heavy atom. The molecule has 0 spiro atoms. The molecule has 5 heteroatoms. The molecule has 0 amide bonds. The van der Waals surface area contributed by atoms with Crippen LogP contribution in [0.3, 0.4) is 0 Å². The van der Waals surface area contributed by atoms with Crippen LogP contribution in [-0.4, -0.2) is 45.0 Å². The summed E-state index contributed by atoms with van der Waals surface area (Å²) in [6.45, 7) is 1.55. The van der Waals surface area contributed by atoms with E-state index in [-0.39, 0.29) is 12.1 Å². The van der Waals surface area contributed by atoms with Gasteiger partial charge in [0.25, 0.3) is 0 Å². The first-order valence-corrected chi connectivity index (χ1v) is 5.76. The van der Waals surface area contributed by atoms with Crippen molar-refractivity contribution in [3.8, 4) is 0 Å². The molecule has 0 aromatic carbocycles. The van der Waals surface area contributed by atoms with E-state index in [0.717, 1.165) is 25.9 Å². The van der Waals surface area contributed by atoms with Crippen LogP contribution in [0.5, 0.6) is 0 Å². The lowest BCUT2D eigenvalue weighted by molar-refractivity contribution is -0.151. The van der Waals surface area contributed by atoms with Gasteiger partial charge in [-0.1, -0.05) is 0 Å². The zero-order valence-electron chi connectivity index (χ0n) is 9.81. The minimum absolute atomic E-state index is 0.0484. The minimum Gasteiger partial charge on any atom is -0.462 e. The van der Waals surface area contributed by atoms with Crippen molar-refractivity contribution in [3.05, 3.63) is 0 Å². The molecule has 0 aliphatic carbocycles. The van der Waals surface area contributed by atoms with Crippen molar-refractivity contribution < 1.29 is 19.0 Å². The van der Waals surface area contributed by atoms with Gasteiger partial charge in [-0.05, 0) is 25.7 Å². The van der Waals surface area contributed by atoms with Crippen LogP contribution >= 0.6 is 0 Å². The molecule has 5 nitrogen and oxygen atoms in total. The summed E-state index contributed by atoms with van der Waals surface area (Å²) in [5.74, 6) is -0.369. The number of methoxy groups -OCH3 is 1. The van der Waals surface area contributed by atoms with Gasteiger partial charge in [0.1, 0.15) is 12.6 Å². The van der Waals surface area contributed by atoms with Crippen LogP contribution in [0.2, 0.25) is 0 Å². The lowest BCUT2D eigenvalue weighted by atomic mass is 10.1. The first-order chi connectivity index (χ1) is 7.74. The van der Waals surface area contributed by atoms with Gasteiger partial charge in [0.2, 0.25) is 0 Å². The van der Waals surface area contributed by atoms with Crippen LogP contribution in [0.25, 0.3) is 0 Å². The second-order valence-corrected chi connectivity index (χ2v) is 4.01. The summed E-state index contributed by atoms with van der Waals surface area (Å²) in [6.07, 6.45) is 3.73. The first-order valence-electron chi connectivity index (χ1n) is 5.76. The summed E-state index contributed by atoms with van der Waals surface area (Å²) >= 11 is 0. The van der Waals surface area contributed by atoms with Crippen LogP contribution < -0.4 is 5.73 Å². The maximum absolute atomic E-state index is 11.4. The number of carbonyl (C=O) groups excluding carboxylic acids is 1. The Labute approximate surface area is 96.2 Å². The Bertz CT molecular complexity index is 204. The molecule has 0 radical (unpaired) electrons. The lowest BCUT2D eigenvalue weighted by Gasteiger charge is -2.22. The van der Waals surface area contributed by atoms with E-state index in [1.165, 1.54) is 0 Å². The number of ether oxygens (including phenoxy) is 3. The number of carbonyl (C=O) groups is 1. The standard InChI is InChI=1S/C11H21NO4/c1-14-7-5-10(12)11(13)16-8-9-4-2-3-6-15-9/h9-10H,2-8,12H2,1H3. The maximum Gasteiger partial charge on any atom is 0.323 e.